The highest BCUT2D eigenvalue weighted by Crippen LogP contribution is 2.37. The van der Waals surface area contributed by atoms with E-state index in [1.54, 1.807) is 0 Å². The smallest absolute Gasteiger partial charge is 0.125 e. The molecular weight excluding hydrogens is 254 g/mol. The summed E-state index contributed by atoms with van der Waals surface area (Å²) in [6.07, 6.45) is 1.04. The number of halogens is 1. The Hall–Kier alpha value is -0.540. The van der Waals surface area contributed by atoms with Crippen molar-refractivity contribution in [3.05, 3.63) is 28.2 Å². The van der Waals surface area contributed by atoms with Gasteiger partial charge in [-0.2, -0.15) is 0 Å². The first kappa shape index (κ1) is 11.0. The van der Waals surface area contributed by atoms with E-state index in [-0.39, 0.29) is 0 Å². The van der Waals surface area contributed by atoms with Crippen LogP contribution in [0.5, 0.6) is 5.75 Å². The van der Waals surface area contributed by atoms with Crippen LogP contribution in [0.1, 0.15) is 31.9 Å². The number of benzene rings is 1. The fourth-order valence-electron chi connectivity index (χ4n) is 1.98. The van der Waals surface area contributed by atoms with Crippen LogP contribution >= 0.6 is 15.9 Å². The van der Waals surface area contributed by atoms with Crippen LogP contribution in [0.3, 0.4) is 0 Å². The molecule has 1 atom stereocenters. The molecule has 0 fully saturated rings. The third-order valence-electron chi connectivity index (χ3n) is 2.56. The number of ether oxygens (including phenoxy) is 1. The summed E-state index contributed by atoms with van der Waals surface area (Å²) in [7, 11) is 0. The van der Waals surface area contributed by atoms with Crippen molar-refractivity contribution >= 4 is 15.9 Å². The van der Waals surface area contributed by atoms with Gasteiger partial charge in [-0.05, 0) is 12.1 Å². The Kier molecular flexibility index (Phi) is 3.32. The maximum atomic E-state index is 5.65. The van der Waals surface area contributed by atoms with E-state index in [0.29, 0.717) is 12.1 Å². The van der Waals surface area contributed by atoms with E-state index in [9.17, 15) is 0 Å². The van der Waals surface area contributed by atoms with Gasteiger partial charge in [0.25, 0.3) is 0 Å². The lowest BCUT2D eigenvalue weighted by atomic mass is 10.00. The van der Waals surface area contributed by atoms with Crippen LogP contribution in [0.25, 0.3) is 0 Å². The van der Waals surface area contributed by atoms with E-state index in [2.05, 4.69) is 41.2 Å². The molecule has 0 radical (unpaired) electrons. The fraction of sp³-hybridized carbons (Fsp3) is 0.500. The Morgan fingerprint density at radius 2 is 2.27 bits per heavy atom. The Bertz CT molecular complexity index is 351. The van der Waals surface area contributed by atoms with Crippen LogP contribution in [-0.2, 0) is 0 Å². The van der Waals surface area contributed by atoms with Crippen LogP contribution in [0.4, 0.5) is 0 Å². The van der Waals surface area contributed by atoms with Gasteiger partial charge in [0.15, 0.2) is 0 Å². The Morgan fingerprint density at radius 3 is 3.00 bits per heavy atom. The molecular formula is C12H16BrNO. The van der Waals surface area contributed by atoms with Crippen LogP contribution in [0, 0.1) is 0 Å². The molecule has 0 saturated carbocycles. The van der Waals surface area contributed by atoms with Crippen LogP contribution in [-0.4, -0.2) is 12.6 Å². The molecule has 0 saturated heterocycles. The molecule has 15 heavy (non-hydrogen) atoms. The van der Waals surface area contributed by atoms with Gasteiger partial charge in [0.1, 0.15) is 5.75 Å². The van der Waals surface area contributed by atoms with Gasteiger partial charge in [-0.1, -0.05) is 35.8 Å². The monoisotopic (exact) mass is 269 g/mol. The Morgan fingerprint density at radius 1 is 1.47 bits per heavy atom. The molecule has 3 heteroatoms. The molecule has 1 aromatic carbocycles. The fourth-order valence-corrected chi connectivity index (χ4v) is 2.61. The van der Waals surface area contributed by atoms with Crippen molar-refractivity contribution < 1.29 is 4.74 Å². The van der Waals surface area contributed by atoms with Gasteiger partial charge >= 0.3 is 0 Å². The normalized spacial score (nSPS) is 19.9. The zero-order chi connectivity index (χ0) is 10.8. The molecule has 1 aliphatic heterocycles. The van der Waals surface area contributed by atoms with E-state index in [0.717, 1.165) is 23.2 Å². The number of hydrogen-bond donors (Lipinski definition) is 1. The number of nitrogens with one attached hydrogen (secondary N) is 1. The second kappa shape index (κ2) is 4.54. The highest BCUT2D eigenvalue weighted by Gasteiger charge is 2.23. The second-order valence-corrected chi connectivity index (χ2v) is 5.02. The first-order chi connectivity index (χ1) is 7.18. The number of fused-ring (bicyclic) bond motifs is 1. The quantitative estimate of drug-likeness (QED) is 0.890. The first-order valence-corrected chi connectivity index (χ1v) is 6.15. The van der Waals surface area contributed by atoms with Crippen molar-refractivity contribution in [3.8, 4) is 5.75 Å². The van der Waals surface area contributed by atoms with Gasteiger partial charge in [-0.3, -0.25) is 0 Å². The average molecular weight is 270 g/mol. The lowest BCUT2D eigenvalue weighted by Gasteiger charge is -2.29. The number of rotatable bonds is 2. The minimum absolute atomic E-state index is 0.407. The third kappa shape index (κ3) is 2.34. The summed E-state index contributed by atoms with van der Waals surface area (Å²) in [5, 5.41) is 3.57. The van der Waals surface area contributed by atoms with E-state index < -0.39 is 0 Å². The van der Waals surface area contributed by atoms with Gasteiger partial charge in [0.05, 0.1) is 6.61 Å². The van der Waals surface area contributed by atoms with E-state index in [1.807, 2.05) is 12.1 Å². The maximum absolute atomic E-state index is 5.65. The van der Waals surface area contributed by atoms with Crippen molar-refractivity contribution in [2.24, 2.45) is 0 Å². The molecule has 0 aromatic heterocycles. The van der Waals surface area contributed by atoms with Crippen molar-refractivity contribution in [1.82, 2.24) is 5.32 Å². The van der Waals surface area contributed by atoms with Gasteiger partial charge in [0.2, 0.25) is 0 Å². The average Bonchev–Trinajstić information content (AvgIpc) is 2.17. The highest BCUT2D eigenvalue weighted by molar-refractivity contribution is 9.10. The molecule has 1 N–H and O–H groups in total. The lowest BCUT2D eigenvalue weighted by Crippen LogP contribution is -2.32. The summed E-state index contributed by atoms with van der Waals surface area (Å²) in [6.45, 7) is 5.14. The molecule has 1 unspecified atom stereocenters. The molecule has 82 valence electrons. The Balaban J connectivity index is 2.32. The predicted octanol–water partition coefficient (Wildman–Crippen LogP) is 3.27. The summed E-state index contributed by atoms with van der Waals surface area (Å²) in [6, 6.07) is 7.02. The minimum atomic E-state index is 0.407. The zero-order valence-corrected chi connectivity index (χ0v) is 10.7. The highest BCUT2D eigenvalue weighted by atomic mass is 79.9. The van der Waals surface area contributed by atoms with Gasteiger partial charge in [-0.25, -0.2) is 0 Å². The van der Waals surface area contributed by atoms with Crippen LogP contribution in [0.2, 0.25) is 0 Å². The van der Waals surface area contributed by atoms with Crippen molar-refractivity contribution in [3.63, 3.8) is 0 Å². The topological polar surface area (TPSA) is 21.3 Å². The SMILES string of the molecule is CC(C)NC1CCOc2cccc(Br)c21. The number of hydrogen-bond acceptors (Lipinski definition) is 2. The molecule has 0 spiro atoms. The van der Waals surface area contributed by atoms with E-state index in [4.69, 9.17) is 4.74 Å². The summed E-state index contributed by atoms with van der Waals surface area (Å²) in [5.74, 6) is 1.01. The summed E-state index contributed by atoms with van der Waals surface area (Å²) in [4.78, 5) is 0. The molecule has 1 heterocycles. The molecule has 2 nitrogen and oxygen atoms in total. The van der Waals surface area contributed by atoms with Crippen molar-refractivity contribution in [2.45, 2.75) is 32.4 Å². The van der Waals surface area contributed by atoms with Gasteiger partial charge in [0, 0.05) is 28.5 Å². The minimum Gasteiger partial charge on any atom is -0.493 e. The predicted molar refractivity (Wildman–Crippen MR) is 65.3 cm³/mol. The molecule has 0 aliphatic carbocycles. The van der Waals surface area contributed by atoms with Crippen LogP contribution in [0.15, 0.2) is 22.7 Å². The Labute approximate surface area is 99.1 Å². The van der Waals surface area contributed by atoms with E-state index in [1.165, 1.54) is 5.56 Å². The summed E-state index contributed by atoms with van der Waals surface area (Å²) in [5.41, 5.74) is 1.26. The van der Waals surface area contributed by atoms with Crippen molar-refractivity contribution in [2.75, 3.05) is 6.61 Å². The standard InChI is InChI=1S/C12H16BrNO/c1-8(2)14-10-6-7-15-11-5-3-4-9(13)12(10)11/h3-5,8,10,14H,6-7H2,1-2H3. The first-order valence-electron chi connectivity index (χ1n) is 5.35. The summed E-state index contributed by atoms with van der Waals surface area (Å²) < 4.78 is 6.78. The largest absolute Gasteiger partial charge is 0.493 e. The van der Waals surface area contributed by atoms with E-state index >= 15 is 0 Å². The second-order valence-electron chi connectivity index (χ2n) is 4.16. The molecule has 2 rings (SSSR count). The van der Waals surface area contributed by atoms with Gasteiger partial charge < -0.3 is 10.1 Å². The lowest BCUT2D eigenvalue weighted by molar-refractivity contribution is 0.247. The maximum Gasteiger partial charge on any atom is 0.125 e. The molecule has 1 aromatic rings. The third-order valence-corrected chi connectivity index (χ3v) is 3.25. The zero-order valence-electron chi connectivity index (χ0n) is 9.09. The molecule has 0 bridgehead atoms. The molecule has 0 amide bonds. The molecule has 1 aliphatic rings. The van der Waals surface area contributed by atoms with Gasteiger partial charge in [-0.15, -0.1) is 0 Å². The van der Waals surface area contributed by atoms with Crippen molar-refractivity contribution in [1.29, 1.82) is 0 Å². The van der Waals surface area contributed by atoms with Crippen LogP contribution < -0.4 is 10.1 Å². The summed E-state index contributed by atoms with van der Waals surface area (Å²) >= 11 is 3.59.